The van der Waals surface area contributed by atoms with Gasteiger partial charge >= 0.3 is 0 Å². The number of hydrogen-bond acceptors (Lipinski definition) is 6. The summed E-state index contributed by atoms with van der Waals surface area (Å²) in [6, 6.07) is 15.5. The number of aromatic nitrogens is 7. The summed E-state index contributed by atoms with van der Waals surface area (Å²) in [5, 5.41) is 15.2. The number of rotatable bonds is 6. The molecule has 9 heteroatoms. The number of carbonyl (C=O) groups excluding carboxylic acids is 1. The third kappa shape index (κ3) is 4.03. The third-order valence-corrected chi connectivity index (χ3v) is 4.94. The number of tetrazole rings is 1. The van der Waals surface area contributed by atoms with Crippen LogP contribution in [0.1, 0.15) is 24.1 Å². The van der Waals surface area contributed by atoms with E-state index in [4.69, 9.17) is 0 Å². The maximum Gasteiger partial charge on any atom is 0.227 e. The number of likely N-dealkylation sites (N-methyl/N-ethyl adjacent to an activating group) is 1. The maximum atomic E-state index is 12.8. The Labute approximate surface area is 167 Å². The highest BCUT2D eigenvalue weighted by Crippen LogP contribution is 2.21. The van der Waals surface area contributed by atoms with Crippen LogP contribution in [-0.2, 0) is 11.2 Å². The summed E-state index contributed by atoms with van der Waals surface area (Å²) in [4.78, 5) is 18.5. The van der Waals surface area contributed by atoms with Gasteiger partial charge in [0, 0.05) is 7.05 Å². The van der Waals surface area contributed by atoms with Crippen LogP contribution in [0.5, 0.6) is 0 Å². The van der Waals surface area contributed by atoms with Crippen LogP contribution in [0.2, 0.25) is 0 Å². The number of amides is 1. The van der Waals surface area contributed by atoms with E-state index < -0.39 is 0 Å². The average molecular weight is 388 g/mol. The SMILES string of the molecule is CC(c1ccc(-n2cncn2)cc1)N(C)C(=O)Cc1ccc(-n2cnnn2)cc1. The van der Waals surface area contributed by atoms with E-state index in [1.807, 2.05) is 62.5 Å². The van der Waals surface area contributed by atoms with E-state index in [1.54, 1.807) is 20.6 Å². The Morgan fingerprint density at radius 2 is 1.69 bits per heavy atom. The highest BCUT2D eigenvalue weighted by atomic mass is 16.2. The molecule has 2 heterocycles. The molecule has 0 N–H and O–H groups in total. The molecule has 1 unspecified atom stereocenters. The molecule has 4 aromatic rings. The van der Waals surface area contributed by atoms with Gasteiger partial charge in [-0.1, -0.05) is 24.3 Å². The first-order valence-corrected chi connectivity index (χ1v) is 9.15. The lowest BCUT2D eigenvalue weighted by molar-refractivity contribution is -0.131. The molecule has 4 rings (SSSR count). The maximum absolute atomic E-state index is 12.8. The first kappa shape index (κ1) is 18.5. The van der Waals surface area contributed by atoms with E-state index in [0.717, 1.165) is 22.5 Å². The molecule has 1 amide bonds. The van der Waals surface area contributed by atoms with E-state index in [2.05, 4.69) is 25.6 Å². The number of benzene rings is 2. The van der Waals surface area contributed by atoms with Crippen molar-refractivity contribution in [3.63, 3.8) is 0 Å². The van der Waals surface area contributed by atoms with Crippen molar-refractivity contribution in [1.82, 2.24) is 39.9 Å². The fourth-order valence-electron chi connectivity index (χ4n) is 3.03. The lowest BCUT2D eigenvalue weighted by Crippen LogP contribution is -2.31. The molecule has 0 radical (unpaired) electrons. The first-order chi connectivity index (χ1) is 14.1. The van der Waals surface area contributed by atoms with Crippen molar-refractivity contribution in [2.45, 2.75) is 19.4 Å². The Hall–Kier alpha value is -3.88. The molecule has 146 valence electrons. The summed E-state index contributed by atoms with van der Waals surface area (Å²) >= 11 is 0. The van der Waals surface area contributed by atoms with Gasteiger partial charge < -0.3 is 4.90 Å². The number of hydrogen-bond donors (Lipinski definition) is 0. The third-order valence-electron chi connectivity index (χ3n) is 4.94. The monoisotopic (exact) mass is 388 g/mol. The van der Waals surface area contributed by atoms with Crippen LogP contribution in [0.3, 0.4) is 0 Å². The van der Waals surface area contributed by atoms with E-state index in [0.29, 0.717) is 6.42 Å². The van der Waals surface area contributed by atoms with Gasteiger partial charge in [0.2, 0.25) is 5.91 Å². The normalized spacial score (nSPS) is 11.9. The fourth-order valence-corrected chi connectivity index (χ4v) is 3.03. The molecule has 0 fully saturated rings. The van der Waals surface area contributed by atoms with Crippen LogP contribution in [0, 0.1) is 0 Å². The summed E-state index contributed by atoms with van der Waals surface area (Å²) in [6.45, 7) is 2.02. The van der Waals surface area contributed by atoms with E-state index in [-0.39, 0.29) is 11.9 Å². The minimum absolute atomic E-state index is 0.0483. The Morgan fingerprint density at radius 3 is 2.31 bits per heavy atom. The van der Waals surface area contributed by atoms with Gasteiger partial charge in [-0.2, -0.15) is 5.10 Å². The standard InChI is InChI=1S/C20H20N8O/c1-15(17-5-9-18(10-6-17)27-13-21-12-23-27)26(2)20(29)11-16-3-7-19(8-4-16)28-14-22-24-25-28/h3-10,12-15H,11H2,1-2H3. The minimum atomic E-state index is -0.0483. The van der Waals surface area contributed by atoms with Crippen LogP contribution in [0.25, 0.3) is 11.4 Å². The van der Waals surface area contributed by atoms with Gasteiger partial charge in [0.05, 0.1) is 23.8 Å². The fraction of sp³-hybridized carbons (Fsp3) is 0.200. The van der Waals surface area contributed by atoms with Gasteiger partial charge in [0.1, 0.15) is 19.0 Å². The van der Waals surface area contributed by atoms with Crippen molar-refractivity contribution in [2.24, 2.45) is 0 Å². The predicted molar refractivity (Wildman–Crippen MR) is 105 cm³/mol. The second kappa shape index (κ2) is 8.01. The molecule has 0 saturated heterocycles. The summed E-state index contributed by atoms with van der Waals surface area (Å²) < 4.78 is 3.27. The summed E-state index contributed by atoms with van der Waals surface area (Å²) in [5.41, 5.74) is 3.77. The zero-order valence-electron chi connectivity index (χ0n) is 16.1. The average Bonchev–Trinajstić information content (AvgIpc) is 3.47. The topological polar surface area (TPSA) is 94.6 Å². The van der Waals surface area contributed by atoms with Crippen LogP contribution < -0.4 is 0 Å². The van der Waals surface area contributed by atoms with Crippen LogP contribution in [-0.4, -0.2) is 52.8 Å². The van der Waals surface area contributed by atoms with Crippen LogP contribution in [0.15, 0.2) is 67.5 Å². The Bertz CT molecular complexity index is 1060. The highest BCUT2D eigenvalue weighted by molar-refractivity contribution is 5.79. The summed E-state index contributed by atoms with van der Waals surface area (Å²) in [5.74, 6) is 0.0491. The van der Waals surface area contributed by atoms with Gasteiger partial charge in [-0.15, -0.1) is 5.10 Å². The number of carbonyl (C=O) groups is 1. The summed E-state index contributed by atoms with van der Waals surface area (Å²) in [6.07, 6.45) is 5.01. The smallest absolute Gasteiger partial charge is 0.227 e. The summed E-state index contributed by atoms with van der Waals surface area (Å²) in [7, 11) is 1.83. The molecule has 2 aromatic carbocycles. The first-order valence-electron chi connectivity index (χ1n) is 9.15. The molecule has 0 aliphatic carbocycles. The number of nitrogens with zero attached hydrogens (tertiary/aromatic N) is 8. The molecule has 0 aliphatic rings. The van der Waals surface area contributed by atoms with Crippen molar-refractivity contribution in [3.05, 3.63) is 78.6 Å². The van der Waals surface area contributed by atoms with Gasteiger partial charge in [-0.05, 0) is 52.7 Å². The van der Waals surface area contributed by atoms with E-state index in [9.17, 15) is 4.79 Å². The second-order valence-corrected chi connectivity index (χ2v) is 6.71. The van der Waals surface area contributed by atoms with Crippen molar-refractivity contribution in [2.75, 3.05) is 7.05 Å². The lowest BCUT2D eigenvalue weighted by atomic mass is 10.1. The molecule has 9 nitrogen and oxygen atoms in total. The van der Waals surface area contributed by atoms with Gasteiger partial charge in [0.15, 0.2) is 0 Å². The molecule has 0 aliphatic heterocycles. The highest BCUT2D eigenvalue weighted by Gasteiger charge is 2.18. The second-order valence-electron chi connectivity index (χ2n) is 6.71. The van der Waals surface area contributed by atoms with Crippen molar-refractivity contribution >= 4 is 5.91 Å². The minimum Gasteiger partial charge on any atom is -0.339 e. The molecule has 1 atom stereocenters. The Morgan fingerprint density at radius 1 is 1.00 bits per heavy atom. The van der Waals surface area contributed by atoms with E-state index in [1.165, 1.54) is 12.7 Å². The molecule has 29 heavy (non-hydrogen) atoms. The Balaban J connectivity index is 1.40. The molecule has 0 bridgehead atoms. The molecular formula is C20H20N8O. The van der Waals surface area contributed by atoms with Crippen molar-refractivity contribution < 1.29 is 4.79 Å². The van der Waals surface area contributed by atoms with E-state index >= 15 is 0 Å². The quantitative estimate of drug-likeness (QED) is 0.501. The molecular weight excluding hydrogens is 368 g/mol. The largest absolute Gasteiger partial charge is 0.339 e. The van der Waals surface area contributed by atoms with Crippen LogP contribution >= 0.6 is 0 Å². The lowest BCUT2D eigenvalue weighted by Gasteiger charge is -2.25. The molecule has 0 spiro atoms. The Kier molecular flexibility index (Phi) is 5.10. The van der Waals surface area contributed by atoms with Gasteiger partial charge in [-0.25, -0.2) is 14.3 Å². The van der Waals surface area contributed by atoms with Gasteiger partial charge in [0.25, 0.3) is 0 Å². The van der Waals surface area contributed by atoms with Crippen molar-refractivity contribution in [1.29, 1.82) is 0 Å². The van der Waals surface area contributed by atoms with Crippen molar-refractivity contribution in [3.8, 4) is 11.4 Å². The van der Waals surface area contributed by atoms with Gasteiger partial charge in [-0.3, -0.25) is 4.79 Å². The molecule has 2 aromatic heterocycles. The zero-order chi connectivity index (χ0) is 20.2. The molecule has 0 saturated carbocycles. The zero-order valence-corrected chi connectivity index (χ0v) is 16.1. The predicted octanol–water partition coefficient (Wildman–Crippen LogP) is 2.01. The van der Waals surface area contributed by atoms with Crippen LogP contribution in [0.4, 0.5) is 0 Å².